The van der Waals surface area contributed by atoms with Crippen molar-refractivity contribution in [1.29, 1.82) is 0 Å². The molecular weight excluding hydrogens is 777 g/mol. The van der Waals surface area contributed by atoms with Gasteiger partial charge in [0.15, 0.2) is 11.5 Å². The first-order valence-electron chi connectivity index (χ1n) is 20.7. The van der Waals surface area contributed by atoms with E-state index in [1.807, 2.05) is 0 Å². The molecule has 1 atom stereocenters. The van der Waals surface area contributed by atoms with E-state index in [0.29, 0.717) is 63.5 Å². The van der Waals surface area contributed by atoms with Crippen molar-refractivity contribution in [3.05, 3.63) is 76.9 Å². The summed E-state index contributed by atoms with van der Waals surface area (Å²) in [5.74, 6) is -3.43. The number of piperidine rings is 1. The third kappa shape index (κ3) is 7.50. The lowest BCUT2D eigenvalue weighted by molar-refractivity contribution is -0.136. The maximum absolute atomic E-state index is 13.8. The van der Waals surface area contributed by atoms with Crippen LogP contribution in [0.1, 0.15) is 113 Å². The van der Waals surface area contributed by atoms with Crippen LogP contribution in [-0.2, 0) is 15.5 Å². The van der Waals surface area contributed by atoms with Crippen LogP contribution in [0.5, 0.6) is 5.75 Å². The second-order valence-electron chi connectivity index (χ2n) is 17.4. The number of ether oxygens (including phenoxy) is 1. The van der Waals surface area contributed by atoms with Gasteiger partial charge in [-0.25, -0.2) is 9.97 Å². The molecule has 5 amide bonds. The highest BCUT2D eigenvalue weighted by atomic mass is 19.3. The van der Waals surface area contributed by atoms with Crippen molar-refractivity contribution in [1.82, 2.24) is 25.1 Å². The van der Waals surface area contributed by atoms with Gasteiger partial charge in [0.05, 0.1) is 23.9 Å². The van der Waals surface area contributed by atoms with Gasteiger partial charge in [-0.3, -0.25) is 34.2 Å². The number of nitrogens with one attached hydrogen (secondary N) is 3. The monoisotopic (exact) mass is 823 g/mol. The second kappa shape index (κ2) is 15.4. The van der Waals surface area contributed by atoms with Gasteiger partial charge in [0.1, 0.15) is 28.7 Å². The zero-order valence-corrected chi connectivity index (χ0v) is 33.5. The Morgan fingerprint density at radius 2 is 1.73 bits per heavy atom. The molecule has 1 unspecified atom stereocenters. The summed E-state index contributed by atoms with van der Waals surface area (Å²) in [5, 5.41) is 8.36. The number of methoxy groups -OCH3 is 1. The van der Waals surface area contributed by atoms with Crippen LogP contribution in [0, 0.1) is 17.3 Å². The number of rotatable bonds is 12. The molecule has 2 aromatic carbocycles. The molecule has 9 rings (SSSR count). The predicted octanol–water partition coefficient (Wildman–Crippen LogP) is 6.48. The summed E-state index contributed by atoms with van der Waals surface area (Å²) in [6.45, 7) is 4.73. The molecule has 4 aromatic rings. The molecule has 314 valence electrons. The summed E-state index contributed by atoms with van der Waals surface area (Å²) < 4.78 is 39.4. The van der Waals surface area contributed by atoms with Crippen LogP contribution in [0.25, 0.3) is 11.1 Å². The number of imide groups is 2. The van der Waals surface area contributed by atoms with Crippen molar-refractivity contribution < 1.29 is 41.9 Å². The van der Waals surface area contributed by atoms with E-state index >= 15 is 0 Å². The molecule has 1 spiro atoms. The summed E-state index contributed by atoms with van der Waals surface area (Å²) in [6, 6.07) is 11.4. The van der Waals surface area contributed by atoms with Gasteiger partial charge < -0.3 is 24.7 Å². The van der Waals surface area contributed by atoms with E-state index in [1.54, 1.807) is 30.3 Å². The fourth-order valence-corrected chi connectivity index (χ4v) is 10.1. The number of benzene rings is 2. The van der Waals surface area contributed by atoms with Crippen LogP contribution in [0.3, 0.4) is 0 Å². The summed E-state index contributed by atoms with van der Waals surface area (Å²) in [6.07, 6.45) is 7.63. The van der Waals surface area contributed by atoms with E-state index in [2.05, 4.69) is 25.8 Å². The number of hydrogen-bond donors (Lipinski definition) is 3. The molecule has 4 fully saturated rings. The summed E-state index contributed by atoms with van der Waals surface area (Å²) in [5.41, 5.74) is 2.36. The van der Waals surface area contributed by atoms with Gasteiger partial charge in [0.2, 0.25) is 11.8 Å². The van der Waals surface area contributed by atoms with Crippen LogP contribution in [0.15, 0.2) is 52.9 Å². The highest BCUT2D eigenvalue weighted by Crippen LogP contribution is 2.53. The number of alkyl halides is 2. The third-order valence-electron chi connectivity index (χ3n) is 13.0. The number of nitrogens with zero attached hydrogens (tertiary/aromatic N) is 4. The largest absolute Gasteiger partial charge is 0.494 e. The topological polar surface area (TPSA) is 176 Å². The second-order valence-corrected chi connectivity index (χ2v) is 17.4. The van der Waals surface area contributed by atoms with E-state index in [4.69, 9.17) is 14.1 Å². The molecule has 2 aliphatic carbocycles. The van der Waals surface area contributed by atoms with Crippen molar-refractivity contribution in [2.24, 2.45) is 17.3 Å². The van der Waals surface area contributed by atoms with E-state index in [1.165, 1.54) is 38.2 Å². The normalized spacial score (nSPS) is 23.0. The minimum atomic E-state index is -3.18. The number of amides is 5. The van der Waals surface area contributed by atoms with E-state index in [9.17, 15) is 32.8 Å². The number of hydrogen-bond acceptors (Lipinski definition) is 11. The number of carbonyl (C=O) groups excluding carboxylic acids is 5. The molecule has 16 heteroatoms. The number of halogens is 2. The van der Waals surface area contributed by atoms with E-state index < -0.39 is 47.2 Å². The number of fused-ring (bicyclic) bond motifs is 2. The molecule has 0 radical (unpaired) electrons. The minimum Gasteiger partial charge on any atom is -0.494 e. The van der Waals surface area contributed by atoms with Crippen molar-refractivity contribution in [2.45, 2.75) is 82.6 Å². The zero-order valence-electron chi connectivity index (χ0n) is 33.5. The molecule has 5 aliphatic rings. The smallest absolute Gasteiger partial charge is 0.287 e. The average Bonchev–Trinajstić information content (AvgIpc) is 3.73. The van der Waals surface area contributed by atoms with Crippen LogP contribution >= 0.6 is 0 Å². The molecule has 2 aromatic heterocycles. The SMILES string of the molecule is COc1cc2nc([C@H]3CC[C@H](CN4CC5(CC(CCNc6cccc7c6C(=O)N(C6CCC(=O)NC6=O)C7=O)C5)C4)CC3)oc2cc1NC(=O)c1cccc(C(C)(F)F)n1. The third-order valence-corrected chi connectivity index (χ3v) is 13.0. The van der Waals surface area contributed by atoms with Crippen LogP contribution in [0.4, 0.5) is 20.2 Å². The van der Waals surface area contributed by atoms with Crippen molar-refractivity contribution in [3.8, 4) is 5.75 Å². The number of anilines is 2. The highest BCUT2D eigenvalue weighted by molar-refractivity contribution is 6.25. The lowest BCUT2D eigenvalue weighted by atomic mass is 9.57. The molecule has 2 saturated carbocycles. The zero-order chi connectivity index (χ0) is 41.9. The molecule has 5 heterocycles. The van der Waals surface area contributed by atoms with Crippen LogP contribution < -0.4 is 20.7 Å². The summed E-state index contributed by atoms with van der Waals surface area (Å²) >= 11 is 0. The number of likely N-dealkylation sites (tertiary alicyclic amines) is 1. The molecule has 3 aliphatic heterocycles. The summed E-state index contributed by atoms with van der Waals surface area (Å²) in [7, 11) is 1.48. The Bertz CT molecular complexity index is 2390. The molecule has 60 heavy (non-hydrogen) atoms. The Hall–Kier alpha value is -5.77. The van der Waals surface area contributed by atoms with Crippen LogP contribution in [0.2, 0.25) is 0 Å². The Kier molecular flexibility index (Phi) is 10.2. The van der Waals surface area contributed by atoms with Gasteiger partial charge >= 0.3 is 0 Å². The molecule has 14 nitrogen and oxygen atoms in total. The standard InChI is InChI=1S/C44H47F2N7O7/c1-43(45,46)35-8-4-7-29(48-35)38(55)49-30-18-34-31(17-33(30)59-2)50-40(60-34)26-11-9-24(10-12-26)21-52-22-44(23-52)19-25(20-44)15-16-47-28-6-3-5-27-37(28)42(58)53(41(27)57)32-13-14-36(54)51-39(32)56/h3-8,17-18,24-26,32,47H,9-16,19-23H2,1-2H3,(H,49,55)(H,51,54,56)/t24-,26-,32?. The molecule has 3 N–H and O–H groups in total. The Morgan fingerprint density at radius 1 is 0.967 bits per heavy atom. The molecular formula is C44H47F2N7O7. The fourth-order valence-electron chi connectivity index (χ4n) is 10.1. The number of aromatic nitrogens is 2. The Morgan fingerprint density at radius 3 is 2.47 bits per heavy atom. The minimum absolute atomic E-state index is 0.0819. The number of oxazole rings is 1. The van der Waals surface area contributed by atoms with Crippen LogP contribution in [-0.4, -0.2) is 88.6 Å². The van der Waals surface area contributed by atoms with E-state index in [0.717, 1.165) is 63.6 Å². The number of carbonyl (C=O) groups is 5. The predicted molar refractivity (Wildman–Crippen MR) is 215 cm³/mol. The molecule has 2 saturated heterocycles. The van der Waals surface area contributed by atoms with Gasteiger partial charge in [-0.15, -0.1) is 0 Å². The first-order chi connectivity index (χ1) is 28.8. The first-order valence-corrected chi connectivity index (χ1v) is 20.7. The van der Waals surface area contributed by atoms with Gasteiger partial charge in [-0.05, 0) is 92.9 Å². The lowest BCUT2D eigenvalue weighted by Gasteiger charge is -2.60. The van der Waals surface area contributed by atoms with Crippen molar-refractivity contribution in [3.63, 3.8) is 0 Å². The van der Waals surface area contributed by atoms with E-state index in [-0.39, 0.29) is 30.0 Å². The van der Waals surface area contributed by atoms with Gasteiger partial charge in [-0.2, -0.15) is 8.78 Å². The summed E-state index contributed by atoms with van der Waals surface area (Å²) in [4.78, 5) is 75.9. The quantitative estimate of drug-likeness (QED) is 0.133. The maximum atomic E-state index is 13.8. The van der Waals surface area contributed by atoms with Crippen molar-refractivity contribution >= 4 is 52.0 Å². The van der Waals surface area contributed by atoms with Gasteiger partial charge in [0.25, 0.3) is 23.6 Å². The molecule has 0 bridgehead atoms. The number of pyridine rings is 1. The van der Waals surface area contributed by atoms with Gasteiger partial charge in [0, 0.05) is 63.3 Å². The highest BCUT2D eigenvalue weighted by Gasteiger charge is 2.52. The fraction of sp³-hybridized carbons (Fsp3) is 0.477. The Labute approximate surface area is 344 Å². The lowest BCUT2D eigenvalue weighted by Crippen LogP contribution is -2.63. The first kappa shape index (κ1) is 39.7. The van der Waals surface area contributed by atoms with Crippen molar-refractivity contribution in [2.75, 3.05) is 43.9 Å². The maximum Gasteiger partial charge on any atom is 0.287 e. The van der Waals surface area contributed by atoms with Gasteiger partial charge in [-0.1, -0.05) is 12.1 Å². The Balaban J connectivity index is 0.719. The average molecular weight is 824 g/mol.